The molecule has 3 amide bonds. The first-order valence-corrected chi connectivity index (χ1v) is 10.8. The van der Waals surface area contributed by atoms with E-state index >= 15 is 0 Å². The maximum atomic E-state index is 12.9. The number of benzene rings is 3. The molecule has 0 bridgehead atoms. The predicted octanol–water partition coefficient (Wildman–Crippen LogP) is 3.28. The van der Waals surface area contributed by atoms with Crippen LogP contribution < -0.4 is 15.4 Å². The molecule has 10 heteroatoms. The second kappa shape index (κ2) is 7.86. The number of sulfonamides is 1. The number of nitrogens with one attached hydrogen (secondary N) is 3. The third-order valence-electron chi connectivity index (χ3n) is 4.55. The van der Waals surface area contributed by atoms with Crippen molar-refractivity contribution in [2.24, 2.45) is 0 Å². The van der Waals surface area contributed by atoms with Crippen LogP contribution in [0.1, 0.15) is 31.1 Å². The van der Waals surface area contributed by atoms with Crippen molar-refractivity contribution in [3.05, 3.63) is 88.4 Å². The topological polar surface area (TPSA) is 121 Å². The largest absolute Gasteiger partial charge is 0.321 e. The van der Waals surface area contributed by atoms with Crippen LogP contribution in [-0.4, -0.2) is 26.1 Å². The first-order chi connectivity index (χ1) is 14.8. The zero-order valence-electron chi connectivity index (χ0n) is 15.7. The average molecular weight is 456 g/mol. The highest BCUT2D eigenvalue weighted by Crippen LogP contribution is 2.26. The molecular formula is C21H14ClN3O5S. The van der Waals surface area contributed by atoms with Gasteiger partial charge in [0, 0.05) is 5.02 Å². The van der Waals surface area contributed by atoms with Gasteiger partial charge in [-0.1, -0.05) is 29.8 Å². The van der Waals surface area contributed by atoms with Crippen molar-refractivity contribution in [3.63, 3.8) is 0 Å². The van der Waals surface area contributed by atoms with Crippen molar-refractivity contribution >= 4 is 50.7 Å². The van der Waals surface area contributed by atoms with E-state index in [1.165, 1.54) is 54.6 Å². The number of amides is 3. The summed E-state index contributed by atoms with van der Waals surface area (Å²) >= 11 is 5.81. The number of fused-ring (bicyclic) bond motifs is 1. The van der Waals surface area contributed by atoms with Crippen LogP contribution in [0.5, 0.6) is 0 Å². The second-order valence-corrected chi connectivity index (χ2v) is 8.69. The number of rotatable bonds is 5. The molecule has 1 aliphatic heterocycles. The van der Waals surface area contributed by atoms with E-state index in [1.54, 1.807) is 12.1 Å². The van der Waals surface area contributed by atoms with Crippen LogP contribution in [0.3, 0.4) is 0 Å². The molecule has 0 saturated carbocycles. The summed E-state index contributed by atoms with van der Waals surface area (Å²) in [6.07, 6.45) is 0. The molecule has 31 heavy (non-hydrogen) atoms. The van der Waals surface area contributed by atoms with Crippen LogP contribution in [0.4, 0.5) is 11.4 Å². The normalized spacial score (nSPS) is 12.8. The van der Waals surface area contributed by atoms with Crippen molar-refractivity contribution in [2.75, 3.05) is 10.0 Å². The van der Waals surface area contributed by atoms with Crippen LogP contribution in [0.15, 0.2) is 71.6 Å². The summed E-state index contributed by atoms with van der Waals surface area (Å²) in [5.41, 5.74) is 0.422. The van der Waals surface area contributed by atoms with E-state index in [4.69, 9.17) is 11.6 Å². The lowest BCUT2D eigenvalue weighted by Crippen LogP contribution is -2.21. The zero-order valence-corrected chi connectivity index (χ0v) is 17.3. The molecule has 3 aromatic rings. The van der Waals surface area contributed by atoms with Gasteiger partial charge in [0.2, 0.25) is 0 Å². The van der Waals surface area contributed by atoms with Gasteiger partial charge in [-0.2, -0.15) is 0 Å². The fraction of sp³-hybridized carbons (Fsp3) is 0. The number of imide groups is 1. The Hall–Kier alpha value is -3.69. The van der Waals surface area contributed by atoms with Gasteiger partial charge in [-0.25, -0.2) is 8.42 Å². The Morgan fingerprint density at radius 3 is 2.26 bits per heavy atom. The van der Waals surface area contributed by atoms with Crippen LogP contribution >= 0.6 is 11.6 Å². The van der Waals surface area contributed by atoms with Crippen LogP contribution in [0.2, 0.25) is 5.02 Å². The highest BCUT2D eigenvalue weighted by atomic mass is 35.5. The van der Waals surface area contributed by atoms with E-state index in [2.05, 4.69) is 15.4 Å². The second-order valence-electron chi connectivity index (χ2n) is 6.57. The van der Waals surface area contributed by atoms with Gasteiger partial charge in [-0.15, -0.1) is 0 Å². The first-order valence-electron chi connectivity index (χ1n) is 8.94. The highest BCUT2D eigenvalue weighted by molar-refractivity contribution is 7.92. The van der Waals surface area contributed by atoms with Gasteiger partial charge in [0.25, 0.3) is 27.7 Å². The van der Waals surface area contributed by atoms with Gasteiger partial charge in [0.15, 0.2) is 0 Å². The molecule has 4 rings (SSSR count). The van der Waals surface area contributed by atoms with Gasteiger partial charge in [0.1, 0.15) is 0 Å². The van der Waals surface area contributed by atoms with Crippen molar-refractivity contribution < 1.29 is 22.8 Å². The Morgan fingerprint density at radius 1 is 0.839 bits per heavy atom. The minimum absolute atomic E-state index is 0.0248. The molecule has 0 spiro atoms. The van der Waals surface area contributed by atoms with Crippen molar-refractivity contribution in [1.82, 2.24) is 5.32 Å². The summed E-state index contributed by atoms with van der Waals surface area (Å²) in [7, 11) is -3.98. The van der Waals surface area contributed by atoms with E-state index < -0.39 is 27.7 Å². The van der Waals surface area contributed by atoms with E-state index in [0.717, 1.165) is 0 Å². The Morgan fingerprint density at radius 2 is 1.52 bits per heavy atom. The summed E-state index contributed by atoms with van der Waals surface area (Å²) in [6.45, 7) is 0. The van der Waals surface area contributed by atoms with E-state index in [9.17, 15) is 22.8 Å². The number of hydrogen-bond donors (Lipinski definition) is 3. The van der Waals surface area contributed by atoms with Crippen molar-refractivity contribution in [1.29, 1.82) is 0 Å². The minimum atomic E-state index is -3.98. The molecule has 0 saturated heterocycles. The van der Waals surface area contributed by atoms with Crippen LogP contribution in [0, 0.1) is 0 Å². The summed E-state index contributed by atoms with van der Waals surface area (Å²) in [5.74, 6) is -1.82. The fourth-order valence-corrected chi connectivity index (χ4v) is 4.31. The molecule has 0 aliphatic carbocycles. The van der Waals surface area contributed by atoms with Crippen LogP contribution in [-0.2, 0) is 10.0 Å². The molecule has 1 aliphatic rings. The number of carbonyl (C=O) groups is 3. The Kier molecular flexibility index (Phi) is 5.22. The molecule has 156 valence electrons. The molecule has 1 heterocycles. The van der Waals surface area contributed by atoms with Crippen molar-refractivity contribution in [3.8, 4) is 0 Å². The lowest BCUT2D eigenvalue weighted by atomic mass is 10.1. The maximum Gasteiger partial charge on any atom is 0.261 e. The third-order valence-corrected chi connectivity index (χ3v) is 6.18. The van der Waals surface area contributed by atoms with E-state index in [-0.39, 0.29) is 33.0 Å². The number of carbonyl (C=O) groups excluding carboxylic acids is 3. The van der Waals surface area contributed by atoms with Gasteiger partial charge in [-0.3, -0.25) is 24.4 Å². The lowest BCUT2D eigenvalue weighted by Gasteiger charge is -2.14. The summed E-state index contributed by atoms with van der Waals surface area (Å²) in [6, 6.07) is 16.1. The summed E-state index contributed by atoms with van der Waals surface area (Å²) < 4.78 is 27.8. The lowest BCUT2D eigenvalue weighted by molar-refractivity contribution is 0.0879. The molecule has 8 nitrogen and oxygen atoms in total. The number of para-hydroxylation sites is 1. The van der Waals surface area contributed by atoms with Gasteiger partial charge < -0.3 is 5.32 Å². The van der Waals surface area contributed by atoms with Crippen LogP contribution in [0.25, 0.3) is 0 Å². The van der Waals surface area contributed by atoms with E-state index in [1.807, 2.05) is 0 Å². The van der Waals surface area contributed by atoms with Crippen molar-refractivity contribution in [2.45, 2.75) is 4.90 Å². The van der Waals surface area contributed by atoms with E-state index in [0.29, 0.717) is 5.02 Å². The Labute approximate surface area is 182 Å². The van der Waals surface area contributed by atoms with Gasteiger partial charge in [-0.05, 0) is 48.5 Å². The first kappa shape index (κ1) is 20.6. The third kappa shape index (κ3) is 4.00. The molecule has 3 aromatic carbocycles. The predicted molar refractivity (Wildman–Crippen MR) is 115 cm³/mol. The van der Waals surface area contributed by atoms with Gasteiger partial charge in [0.05, 0.1) is 33.0 Å². The smallest absolute Gasteiger partial charge is 0.261 e. The average Bonchev–Trinajstić information content (AvgIpc) is 3.03. The molecule has 0 atom stereocenters. The Bertz CT molecular complexity index is 1340. The quantitative estimate of drug-likeness (QED) is 0.510. The molecule has 0 aromatic heterocycles. The number of anilines is 2. The Balaban J connectivity index is 1.64. The maximum absolute atomic E-state index is 12.9. The zero-order chi connectivity index (χ0) is 22.2. The molecular weight excluding hydrogens is 442 g/mol. The monoisotopic (exact) mass is 455 g/mol. The standard InChI is InChI=1S/C21H14ClN3O5S/c22-12-8-10-13(11-9-12)31(29,30)25-16-6-2-1-4-14(16)19(26)23-17-7-3-5-15-18(17)21(28)24-20(15)27/h1-11,25H,(H,23,26)(H,24,27,28). The summed E-state index contributed by atoms with van der Waals surface area (Å²) in [5, 5.41) is 5.13. The highest BCUT2D eigenvalue weighted by Gasteiger charge is 2.30. The SMILES string of the molecule is O=C(Nc1cccc2c1C(=O)NC2=O)c1ccccc1NS(=O)(=O)c1ccc(Cl)cc1. The number of halogens is 1. The molecule has 3 N–H and O–H groups in total. The molecule has 0 fully saturated rings. The summed E-state index contributed by atoms with van der Waals surface area (Å²) in [4.78, 5) is 36.8. The van der Waals surface area contributed by atoms with Gasteiger partial charge >= 0.3 is 0 Å². The minimum Gasteiger partial charge on any atom is -0.321 e. The number of hydrogen-bond acceptors (Lipinski definition) is 5. The molecule has 0 radical (unpaired) electrons. The fourth-order valence-electron chi connectivity index (χ4n) is 3.10. The molecule has 0 unspecified atom stereocenters.